The van der Waals surface area contributed by atoms with E-state index in [9.17, 15) is 22.7 Å². The third-order valence-corrected chi connectivity index (χ3v) is 5.21. The van der Waals surface area contributed by atoms with E-state index < -0.39 is 32.6 Å². The van der Waals surface area contributed by atoms with Crippen molar-refractivity contribution in [2.45, 2.75) is 11.8 Å². The third-order valence-electron chi connectivity index (χ3n) is 3.81. The number of phenolic OH excluding ortho intramolecular Hbond substituents is 1. The molecule has 7 nitrogen and oxygen atoms in total. The highest BCUT2D eigenvalue weighted by molar-refractivity contribution is 7.92. The molecule has 0 atom stereocenters. The fraction of sp³-hybridized carbons (Fsp3) is 0.188. The molecule has 132 valence electrons. The molecule has 0 unspecified atom stereocenters. The first kappa shape index (κ1) is 17.0. The number of phenols is 1. The van der Waals surface area contributed by atoms with Crippen molar-refractivity contribution in [3.63, 3.8) is 0 Å². The van der Waals surface area contributed by atoms with Gasteiger partial charge in [-0.25, -0.2) is 17.6 Å². The number of rotatable bonds is 4. The fourth-order valence-electron chi connectivity index (χ4n) is 2.54. The van der Waals surface area contributed by atoms with Crippen LogP contribution in [0.5, 0.6) is 5.75 Å². The lowest BCUT2D eigenvalue weighted by molar-refractivity contribution is 0.181. The number of aromatic hydroxyl groups is 1. The Bertz CT molecular complexity index is 946. The number of benzene rings is 2. The van der Waals surface area contributed by atoms with Gasteiger partial charge in [-0.3, -0.25) is 9.62 Å². The number of nitrogens with one attached hydrogen (secondary N) is 1. The molecule has 1 amide bonds. The van der Waals surface area contributed by atoms with E-state index in [1.165, 1.54) is 11.0 Å². The molecule has 1 aliphatic rings. The number of halogens is 1. The van der Waals surface area contributed by atoms with Crippen LogP contribution >= 0.6 is 0 Å². The van der Waals surface area contributed by atoms with Crippen molar-refractivity contribution in [1.82, 2.24) is 0 Å². The molecule has 1 aliphatic heterocycles. The monoisotopic (exact) mass is 366 g/mol. The van der Waals surface area contributed by atoms with Gasteiger partial charge in [-0.05, 0) is 42.8 Å². The average Bonchev–Trinajstić information content (AvgIpc) is 2.97. The first-order valence-electron chi connectivity index (χ1n) is 7.35. The number of carbonyl (C=O) groups is 1. The van der Waals surface area contributed by atoms with Crippen LogP contribution in [0.4, 0.5) is 20.6 Å². The molecule has 0 aromatic heterocycles. The Labute approximate surface area is 143 Å². The molecule has 0 bridgehead atoms. The summed E-state index contributed by atoms with van der Waals surface area (Å²) in [6.07, 6.45) is -0.508. The molecule has 0 spiro atoms. The predicted octanol–water partition coefficient (Wildman–Crippen LogP) is 2.60. The molecule has 1 heterocycles. The summed E-state index contributed by atoms with van der Waals surface area (Å²) < 4.78 is 45.5. The van der Waals surface area contributed by atoms with Gasteiger partial charge in [-0.15, -0.1) is 0 Å². The second kappa shape index (κ2) is 6.25. The summed E-state index contributed by atoms with van der Waals surface area (Å²) in [6, 6.07) is 7.41. The highest BCUT2D eigenvalue weighted by Crippen LogP contribution is 2.31. The second-order valence-corrected chi connectivity index (χ2v) is 7.08. The van der Waals surface area contributed by atoms with E-state index in [1.807, 2.05) is 0 Å². The molecule has 1 saturated heterocycles. The average molecular weight is 366 g/mol. The van der Waals surface area contributed by atoms with Gasteiger partial charge < -0.3 is 9.84 Å². The summed E-state index contributed by atoms with van der Waals surface area (Å²) in [4.78, 5) is 12.5. The van der Waals surface area contributed by atoms with Gasteiger partial charge in [0.25, 0.3) is 10.0 Å². The summed E-state index contributed by atoms with van der Waals surface area (Å²) in [7, 11) is -4.22. The topological polar surface area (TPSA) is 95.9 Å². The van der Waals surface area contributed by atoms with Crippen LogP contribution in [0.1, 0.15) is 5.56 Å². The number of carbonyl (C=O) groups excluding carboxylic acids is 1. The molecule has 0 aliphatic carbocycles. The van der Waals surface area contributed by atoms with E-state index in [0.29, 0.717) is 17.8 Å². The molecule has 9 heteroatoms. The number of hydrogen-bond acceptors (Lipinski definition) is 5. The molecule has 2 aromatic carbocycles. The minimum absolute atomic E-state index is 0.209. The number of anilines is 2. The van der Waals surface area contributed by atoms with Crippen LogP contribution in [0.2, 0.25) is 0 Å². The largest absolute Gasteiger partial charge is 0.507 e. The molecule has 25 heavy (non-hydrogen) atoms. The van der Waals surface area contributed by atoms with E-state index in [-0.39, 0.29) is 12.3 Å². The first-order chi connectivity index (χ1) is 11.8. The van der Waals surface area contributed by atoms with Gasteiger partial charge >= 0.3 is 6.09 Å². The van der Waals surface area contributed by atoms with Gasteiger partial charge in [0.2, 0.25) is 0 Å². The zero-order valence-electron chi connectivity index (χ0n) is 13.2. The minimum Gasteiger partial charge on any atom is -0.507 e. The van der Waals surface area contributed by atoms with Gasteiger partial charge in [0.05, 0.1) is 17.9 Å². The highest BCUT2D eigenvalue weighted by atomic mass is 32.2. The van der Waals surface area contributed by atoms with Crippen molar-refractivity contribution in [2.75, 3.05) is 22.8 Å². The van der Waals surface area contributed by atoms with Crippen molar-refractivity contribution in [1.29, 1.82) is 0 Å². The molecular formula is C16H15FN2O5S. The quantitative estimate of drug-likeness (QED) is 0.867. The van der Waals surface area contributed by atoms with Crippen LogP contribution in [0.15, 0.2) is 41.3 Å². The number of ether oxygens (including phenoxy) is 1. The van der Waals surface area contributed by atoms with E-state index >= 15 is 0 Å². The molecule has 2 aromatic rings. The van der Waals surface area contributed by atoms with E-state index in [4.69, 9.17) is 4.74 Å². The zero-order chi connectivity index (χ0) is 18.2. The number of amides is 1. The van der Waals surface area contributed by atoms with E-state index in [2.05, 4.69) is 4.72 Å². The minimum atomic E-state index is -4.22. The fourth-order valence-corrected chi connectivity index (χ4v) is 3.77. The molecule has 3 rings (SSSR count). The van der Waals surface area contributed by atoms with Crippen molar-refractivity contribution < 1.29 is 27.4 Å². The standard InChI is InChI=1S/C16H15FN2O5S/c1-10-12(3-2-4-13(10)19-7-8-24-16(19)21)18-25(22,23)15-9-11(17)5-6-14(15)20/h2-6,9,18,20H,7-8H2,1H3. The Kier molecular flexibility index (Phi) is 4.25. The van der Waals surface area contributed by atoms with Crippen LogP contribution in [0, 0.1) is 12.7 Å². The lowest BCUT2D eigenvalue weighted by Gasteiger charge is -2.19. The maximum Gasteiger partial charge on any atom is 0.414 e. The first-order valence-corrected chi connectivity index (χ1v) is 8.83. The summed E-state index contributed by atoms with van der Waals surface area (Å²) in [5, 5.41) is 9.72. The predicted molar refractivity (Wildman–Crippen MR) is 88.7 cm³/mol. The van der Waals surface area contributed by atoms with Gasteiger partial charge in [-0.1, -0.05) is 6.07 Å². The van der Waals surface area contributed by atoms with Crippen LogP contribution in [0.3, 0.4) is 0 Å². The van der Waals surface area contributed by atoms with E-state index in [1.54, 1.807) is 19.1 Å². The van der Waals surface area contributed by atoms with Crippen molar-refractivity contribution in [3.8, 4) is 5.75 Å². The third kappa shape index (κ3) is 3.22. The van der Waals surface area contributed by atoms with Crippen molar-refractivity contribution in [2.24, 2.45) is 0 Å². The van der Waals surface area contributed by atoms with Crippen molar-refractivity contribution in [3.05, 3.63) is 47.8 Å². The lowest BCUT2D eigenvalue weighted by Crippen LogP contribution is -2.24. The van der Waals surface area contributed by atoms with Gasteiger partial charge in [0, 0.05) is 0 Å². The highest BCUT2D eigenvalue weighted by Gasteiger charge is 2.27. The van der Waals surface area contributed by atoms with Crippen LogP contribution < -0.4 is 9.62 Å². The van der Waals surface area contributed by atoms with Gasteiger partial charge in [-0.2, -0.15) is 0 Å². The van der Waals surface area contributed by atoms with E-state index in [0.717, 1.165) is 18.2 Å². The Morgan fingerprint density at radius 2 is 2.04 bits per heavy atom. The summed E-state index contributed by atoms with van der Waals surface area (Å²) >= 11 is 0. The molecule has 0 saturated carbocycles. The van der Waals surface area contributed by atoms with Crippen molar-refractivity contribution >= 4 is 27.5 Å². The van der Waals surface area contributed by atoms with Crippen LogP contribution in [-0.4, -0.2) is 32.8 Å². The molecular weight excluding hydrogens is 351 g/mol. The lowest BCUT2D eigenvalue weighted by atomic mass is 10.1. The Hall–Kier alpha value is -2.81. The second-order valence-electron chi connectivity index (χ2n) is 5.43. The number of cyclic esters (lactones) is 1. The normalized spacial score (nSPS) is 14.5. The smallest absolute Gasteiger partial charge is 0.414 e. The van der Waals surface area contributed by atoms with Gasteiger partial charge in [0.15, 0.2) is 0 Å². The van der Waals surface area contributed by atoms with Crippen LogP contribution in [-0.2, 0) is 14.8 Å². The Morgan fingerprint density at radius 3 is 2.72 bits per heavy atom. The number of hydrogen-bond donors (Lipinski definition) is 2. The zero-order valence-corrected chi connectivity index (χ0v) is 14.0. The van der Waals surface area contributed by atoms with Crippen LogP contribution in [0.25, 0.3) is 0 Å². The molecule has 2 N–H and O–H groups in total. The summed E-state index contributed by atoms with van der Waals surface area (Å²) in [6.45, 7) is 2.26. The number of sulfonamides is 1. The number of nitrogens with zero attached hydrogens (tertiary/aromatic N) is 1. The SMILES string of the molecule is Cc1c(NS(=O)(=O)c2cc(F)ccc2O)cccc1N1CCOC1=O. The molecule has 1 fully saturated rings. The Morgan fingerprint density at radius 1 is 1.28 bits per heavy atom. The maximum absolute atomic E-state index is 13.3. The molecule has 0 radical (unpaired) electrons. The Balaban J connectivity index is 1.98. The van der Waals surface area contributed by atoms with Gasteiger partial charge in [0.1, 0.15) is 23.1 Å². The maximum atomic E-state index is 13.3. The summed E-state index contributed by atoms with van der Waals surface area (Å²) in [5.74, 6) is -1.35. The summed E-state index contributed by atoms with van der Waals surface area (Å²) in [5.41, 5.74) is 1.22.